The zero-order chi connectivity index (χ0) is 14.7. The van der Waals surface area contributed by atoms with Gasteiger partial charge in [-0.1, -0.05) is 23.2 Å². The van der Waals surface area contributed by atoms with Gasteiger partial charge in [-0.2, -0.15) is 0 Å². The van der Waals surface area contributed by atoms with E-state index in [9.17, 15) is 4.79 Å². The molecule has 1 aliphatic heterocycles. The zero-order valence-electron chi connectivity index (χ0n) is 11.4. The number of hydrogen-bond donors (Lipinski definition) is 2. The fourth-order valence-electron chi connectivity index (χ4n) is 2.57. The molecule has 0 aliphatic carbocycles. The van der Waals surface area contributed by atoms with E-state index in [0.717, 1.165) is 13.0 Å². The number of anilines is 1. The van der Waals surface area contributed by atoms with E-state index in [4.69, 9.17) is 28.9 Å². The van der Waals surface area contributed by atoms with Crippen LogP contribution in [0.25, 0.3) is 0 Å². The molecule has 0 radical (unpaired) electrons. The normalized spacial score (nSPS) is 23.0. The summed E-state index contributed by atoms with van der Waals surface area (Å²) in [6.07, 6.45) is 1.05. The fourth-order valence-corrected chi connectivity index (χ4v) is 2.87. The third-order valence-corrected chi connectivity index (χ3v) is 4.41. The molecule has 1 saturated heterocycles. The lowest BCUT2D eigenvalue weighted by Gasteiger charge is -2.20. The lowest BCUT2D eigenvalue weighted by molar-refractivity contribution is -0.117. The molecule has 1 fully saturated rings. The summed E-state index contributed by atoms with van der Waals surface area (Å²) in [7, 11) is 0. The molecule has 4 nitrogen and oxygen atoms in total. The summed E-state index contributed by atoms with van der Waals surface area (Å²) in [4.78, 5) is 14.2. The number of hydrogen-bond acceptors (Lipinski definition) is 3. The maximum absolute atomic E-state index is 12.0. The highest BCUT2D eigenvalue weighted by atomic mass is 35.5. The van der Waals surface area contributed by atoms with Crippen LogP contribution in [-0.2, 0) is 4.79 Å². The number of nitrogens with one attached hydrogen (secondary N) is 1. The Bertz CT molecular complexity index is 495. The Kier molecular flexibility index (Phi) is 5.27. The van der Waals surface area contributed by atoms with Crippen LogP contribution in [-0.4, -0.2) is 36.5 Å². The van der Waals surface area contributed by atoms with Gasteiger partial charge in [-0.25, -0.2) is 0 Å². The van der Waals surface area contributed by atoms with Crippen molar-refractivity contribution < 1.29 is 4.79 Å². The van der Waals surface area contributed by atoms with Gasteiger partial charge < -0.3 is 11.1 Å². The van der Waals surface area contributed by atoms with Crippen LogP contribution in [0.1, 0.15) is 13.3 Å². The second-order valence-electron chi connectivity index (χ2n) is 5.29. The molecule has 1 amide bonds. The van der Waals surface area contributed by atoms with Crippen molar-refractivity contribution in [2.45, 2.75) is 19.4 Å². The van der Waals surface area contributed by atoms with Gasteiger partial charge in [0.1, 0.15) is 0 Å². The monoisotopic (exact) mass is 315 g/mol. The first kappa shape index (κ1) is 15.6. The molecule has 3 N–H and O–H groups in total. The molecule has 0 aromatic heterocycles. The average molecular weight is 316 g/mol. The third-order valence-electron chi connectivity index (χ3n) is 3.67. The Hall–Kier alpha value is -0.810. The van der Waals surface area contributed by atoms with Gasteiger partial charge in [-0.05, 0) is 44.0 Å². The van der Waals surface area contributed by atoms with Gasteiger partial charge in [0.15, 0.2) is 0 Å². The van der Waals surface area contributed by atoms with Crippen LogP contribution in [0, 0.1) is 5.92 Å². The third kappa shape index (κ3) is 3.85. The molecule has 0 spiro atoms. The molecular formula is C14H19Cl2N3O. The highest BCUT2D eigenvalue weighted by Crippen LogP contribution is 2.25. The minimum absolute atomic E-state index is 0.0482. The van der Waals surface area contributed by atoms with Crippen LogP contribution in [0.3, 0.4) is 0 Å². The van der Waals surface area contributed by atoms with Gasteiger partial charge in [0.25, 0.3) is 0 Å². The van der Waals surface area contributed by atoms with Crippen LogP contribution in [0.5, 0.6) is 0 Å². The van der Waals surface area contributed by atoms with Crippen LogP contribution < -0.4 is 11.1 Å². The SMILES string of the molecule is CC1CC(CN)CN1CC(=O)Nc1ccc(Cl)c(Cl)c1. The second kappa shape index (κ2) is 6.76. The van der Waals surface area contributed by atoms with Crippen molar-refractivity contribution in [1.82, 2.24) is 4.90 Å². The first-order valence-electron chi connectivity index (χ1n) is 6.68. The van der Waals surface area contributed by atoms with Crippen molar-refractivity contribution in [2.75, 3.05) is 25.0 Å². The van der Waals surface area contributed by atoms with Gasteiger partial charge in [-0.3, -0.25) is 9.69 Å². The minimum atomic E-state index is -0.0482. The predicted molar refractivity (Wildman–Crippen MR) is 83.3 cm³/mol. The average Bonchev–Trinajstić information content (AvgIpc) is 2.74. The molecule has 1 aromatic rings. The van der Waals surface area contributed by atoms with Gasteiger partial charge in [0.05, 0.1) is 16.6 Å². The van der Waals surface area contributed by atoms with Crippen LogP contribution in [0.15, 0.2) is 18.2 Å². The highest BCUT2D eigenvalue weighted by molar-refractivity contribution is 6.42. The Morgan fingerprint density at radius 1 is 1.45 bits per heavy atom. The summed E-state index contributed by atoms with van der Waals surface area (Å²) >= 11 is 11.8. The summed E-state index contributed by atoms with van der Waals surface area (Å²) < 4.78 is 0. The summed E-state index contributed by atoms with van der Waals surface area (Å²) in [6, 6.07) is 5.45. The highest BCUT2D eigenvalue weighted by Gasteiger charge is 2.29. The van der Waals surface area contributed by atoms with E-state index < -0.39 is 0 Å². The number of likely N-dealkylation sites (tertiary alicyclic amines) is 1. The number of halogens is 2. The maximum atomic E-state index is 12.0. The van der Waals surface area contributed by atoms with Crippen molar-refractivity contribution in [2.24, 2.45) is 11.7 Å². The maximum Gasteiger partial charge on any atom is 0.238 e. The minimum Gasteiger partial charge on any atom is -0.330 e. The van der Waals surface area contributed by atoms with E-state index in [2.05, 4.69) is 17.1 Å². The molecule has 2 unspecified atom stereocenters. The summed E-state index contributed by atoms with van der Waals surface area (Å²) in [5.41, 5.74) is 6.35. The molecule has 1 aliphatic rings. The largest absolute Gasteiger partial charge is 0.330 e. The number of amides is 1. The smallest absolute Gasteiger partial charge is 0.238 e. The number of benzene rings is 1. The van der Waals surface area contributed by atoms with Gasteiger partial charge >= 0.3 is 0 Å². The van der Waals surface area contributed by atoms with E-state index in [1.54, 1.807) is 18.2 Å². The molecule has 20 heavy (non-hydrogen) atoms. The lowest BCUT2D eigenvalue weighted by atomic mass is 10.1. The van der Waals surface area contributed by atoms with Gasteiger partial charge in [0.2, 0.25) is 5.91 Å². The molecule has 1 heterocycles. The summed E-state index contributed by atoms with van der Waals surface area (Å²) in [6.45, 7) is 4.06. The van der Waals surface area contributed by atoms with E-state index in [1.165, 1.54) is 0 Å². The standard InChI is InChI=1S/C14H19Cl2N3O/c1-9-4-10(6-17)7-19(9)8-14(20)18-11-2-3-12(15)13(16)5-11/h2-3,5,9-10H,4,6-8,17H2,1H3,(H,18,20). The van der Waals surface area contributed by atoms with Crippen molar-refractivity contribution in [3.63, 3.8) is 0 Å². The van der Waals surface area contributed by atoms with Gasteiger partial charge in [-0.15, -0.1) is 0 Å². The molecule has 0 bridgehead atoms. The Morgan fingerprint density at radius 3 is 2.80 bits per heavy atom. The summed E-state index contributed by atoms with van der Waals surface area (Å²) in [5, 5.41) is 3.74. The first-order valence-corrected chi connectivity index (χ1v) is 7.44. The van der Waals surface area contributed by atoms with Gasteiger partial charge in [0, 0.05) is 18.3 Å². The van der Waals surface area contributed by atoms with Crippen LogP contribution in [0.2, 0.25) is 10.0 Å². The summed E-state index contributed by atoms with van der Waals surface area (Å²) in [5.74, 6) is 0.440. The Labute approximate surface area is 129 Å². The molecule has 0 saturated carbocycles. The van der Waals surface area contributed by atoms with Crippen molar-refractivity contribution in [3.05, 3.63) is 28.2 Å². The molecule has 6 heteroatoms. The molecule has 2 rings (SSSR count). The van der Waals surface area contributed by atoms with Crippen LogP contribution in [0.4, 0.5) is 5.69 Å². The molecule has 110 valence electrons. The predicted octanol–water partition coefficient (Wildman–Crippen LogP) is 2.60. The first-order chi connectivity index (χ1) is 9.49. The fraction of sp³-hybridized carbons (Fsp3) is 0.500. The van der Waals surface area contributed by atoms with E-state index in [1.807, 2.05) is 0 Å². The molecule has 2 atom stereocenters. The zero-order valence-corrected chi connectivity index (χ0v) is 12.9. The van der Waals surface area contributed by atoms with E-state index >= 15 is 0 Å². The van der Waals surface area contributed by atoms with Crippen molar-refractivity contribution >= 4 is 34.8 Å². The number of carbonyl (C=O) groups is 1. The van der Waals surface area contributed by atoms with Crippen molar-refractivity contribution in [3.8, 4) is 0 Å². The number of carbonyl (C=O) groups excluding carboxylic acids is 1. The Morgan fingerprint density at radius 2 is 2.20 bits per heavy atom. The lowest BCUT2D eigenvalue weighted by Crippen LogP contribution is -2.36. The quantitative estimate of drug-likeness (QED) is 0.898. The number of nitrogens with two attached hydrogens (primary N) is 1. The van der Waals surface area contributed by atoms with E-state index in [0.29, 0.717) is 40.8 Å². The molecular weight excluding hydrogens is 297 g/mol. The van der Waals surface area contributed by atoms with Crippen molar-refractivity contribution in [1.29, 1.82) is 0 Å². The van der Waals surface area contributed by atoms with E-state index in [-0.39, 0.29) is 5.91 Å². The number of rotatable bonds is 4. The Balaban J connectivity index is 1.91. The second-order valence-corrected chi connectivity index (χ2v) is 6.11. The topological polar surface area (TPSA) is 58.4 Å². The molecule has 1 aromatic carbocycles. The van der Waals surface area contributed by atoms with Crippen LogP contribution >= 0.6 is 23.2 Å². The number of nitrogens with zero attached hydrogens (tertiary/aromatic N) is 1.